The molecule has 1 aromatic heterocycles. The highest BCUT2D eigenvalue weighted by molar-refractivity contribution is 7.15. The van der Waals surface area contributed by atoms with E-state index >= 15 is 0 Å². The highest BCUT2D eigenvalue weighted by atomic mass is 32.1. The summed E-state index contributed by atoms with van der Waals surface area (Å²) in [6.45, 7) is 8.69. The average Bonchev–Trinajstić information content (AvgIpc) is 2.86. The summed E-state index contributed by atoms with van der Waals surface area (Å²) in [5, 5.41) is 12.5. The molecular formula is C18H25N3OS. The maximum Gasteiger partial charge on any atom is 0.230 e. The average molecular weight is 331 g/mol. The molecule has 0 aliphatic rings. The lowest BCUT2D eigenvalue weighted by molar-refractivity contribution is -0.115. The summed E-state index contributed by atoms with van der Waals surface area (Å²) in [6, 6.07) is 8.27. The molecule has 0 atom stereocenters. The smallest absolute Gasteiger partial charge is 0.230 e. The lowest BCUT2D eigenvalue weighted by atomic mass is 10.0. The van der Waals surface area contributed by atoms with E-state index in [0.717, 1.165) is 23.4 Å². The largest absolute Gasteiger partial charge is 0.300 e. The van der Waals surface area contributed by atoms with Crippen LogP contribution in [0.5, 0.6) is 0 Å². The minimum Gasteiger partial charge on any atom is -0.300 e. The number of aromatic nitrogens is 2. The molecule has 1 N–H and O–H groups in total. The number of nitrogens with zero attached hydrogens (tertiary/aromatic N) is 2. The Morgan fingerprint density at radius 1 is 1.00 bits per heavy atom. The summed E-state index contributed by atoms with van der Waals surface area (Å²) in [4.78, 5) is 12.1. The molecule has 1 amide bonds. The van der Waals surface area contributed by atoms with Gasteiger partial charge in [-0.25, -0.2) is 0 Å². The second-order valence-electron chi connectivity index (χ2n) is 6.74. The van der Waals surface area contributed by atoms with E-state index in [0.29, 0.717) is 23.4 Å². The van der Waals surface area contributed by atoms with Gasteiger partial charge in [0, 0.05) is 6.42 Å². The quantitative estimate of drug-likeness (QED) is 0.830. The van der Waals surface area contributed by atoms with Gasteiger partial charge in [-0.2, -0.15) is 0 Å². The zero-order valence-corrected chi connectivity index (χ0v) is 15.1. The van der Waals surface area contributed by atoms with E-state index in [1.165, 1.54) is 16.9 Å². The number of carbonyl (C=O) groups is 1. The first kappa shape index (κ1) is 17.6. The van der Waals surface area contributed by atoms with Crippen LogP contribution >= 0.6 is 11.3 Å². The van der Waals surface area contributed by atoms with Gasteiger partial charge in [0.2, 0.25) is 11.0 Å². The third-order valence-corrected chi connectivity index (χ3v) is 4.19. The lowest BCUT2D eigenvalue weighted by Crippen LogP contribution is -2.14. The van der Waals surface area contributed by atoms with Crippen molar-refractivity contribution in [2.24, 2.45) is 11.8 Å². The molecule has 124 valence electrons. The predicted molar refractivity (Wildman–Crippen MR) is 95.8 cm³/mol. The summed E-state index contributed by atoms with van der Waals surface area (Å²) in [5.74, 6) is 1.13. The van der Waals surface area contributed by atoms with Crippen molar-refractivity contribution in [2.45, 2.75) is 47.0 Å². The van der Waals surface area contributed by atoms with E-state index in [9.17, 15) is 4.79 Å². The van der Waals surface area contributed by atoms with Gasteiger partial charge in [0.05, 0.1) is 6.42 Å². The van der Waals surface area contributed by atoms with E-state index in [2.05, 4.69) is 55.3 Å². The van der Waals surface area contributed by atoms with Gasteiger partial charge in [-0.15, -0.1) is 10.2 Å². The molecule has 1 aromatic carbocycles. The first-order valence-corrected chi connectivity index (χ1v) is 8.94. The summed E-state index contributed by atoms with van der Waals surface area (Å²) in [5.41, 5.74) is 2.33. The fourth-order valence-corrected chi connectivity index (χ4v) is 3.32. The van der Waals surface area contributed by atoms with Crippen molar-refractivity contribution in [3.8, 4) is 0 Å². The Hall–Kier alpha value is -1.75. The molecule has 0 saturated heterocycles. The molecule has 0 unspecified atom stereocenters. The molecule has 0 aliphatic heterocycles. The molecule has 2 rings (SSSR count). The molecule has 1 heterocycles. The summed E-state index contributed by atoms with van der Waals surface area (Å²) in [7, 11) is 0. The molecular weight excluding hydrogens is 306 g/mol. The monoisotopic (exact) mass is 331 g/mol. The van der Waals surface area contributed by atoms with Gasteiger partial charge in [-0.05, 0) is 29.4 Å². The maximum absolute atomic E-state index is 12.1. The second kappa shape index (κ2) is 8.20. The van der Waals surface area contributed by atoms with Gasteiger partial charge in [0.1, 0.15) is 5.01 Å². The summed E-state index contributed by atoms with van der Waals surface area (Å²) in [6.07, 6.45) is 2.32. The standard InChI is InChI=1S/C18H25N3OS/c1-12(2)9-14-5-7-15(8-6-14)11-16(22)19-18-21-20-17(23-18)10-13(3)4/h5-8,12-13H,9-11H2,1-4H3,(H,19,21,22). The van der Waals surface area contributed by atoms with Crippen molar-refractivity contribution >= 4 is 22.4 Å². The van der Waals surface area contributed by atoms with E-state index in [4.69, 9.17) is 0 Å². The van der Waals surface area contributed by atoms with Gasteiger partial charge in [0.15, 0.2) is 0 Å². The van der Waals surface area contributed by atoms with Crippen LogP contribution in [-0.2, 0) is 24.1 Å². The van der Waals surface area contributed by atoms with Gasteiger partial charge >= 0.3 is 0 Å². The molecule has 2 aromatic rings. The van der Waals surface area contributed by atoms with E-state index < -0.39 is 0 Å². The van der Waals surface area contributed by atoms with Crippen molar-refractivity contribution in [3.05, 3.63) is 40.4 Å². The van der Waals surface area contributed by atoms with Gasteiger partial charge in [0.25, 0.3) is 0 Å². The normalized spacial score (nSPS) is 11.2. The van der Waals surface area contributed by atoms with Crippen LogP contribution < -0.4 is 5.32 Å². The van der Waals surface area contributed by atoms with E-state index in [-0.39, 0.29) is 5.91 Å². The highest BCUT2D eigenvalue weighted by Gasteiger charge is 2.10. The van der Waals surface area contributed by atoms with E-state index in [1.54, 1.807) is 0 Å². The minimum absolute atomic E-state index is 0.0474. The number of hydrogen-bond acceptors (Lipinski definition) is 4. The Kier molecular flexibility index (Phi) is 6.28. The number of nitrogens with one attached hydrogen (secondary N) is 1. The fourth-order valence-electron chi connectivity index (χ4n) is 2.35. The van der Waals surface area contributed by atoms with Crippen LogP contribution in [0.25, 0.3) is 0 Å². The van der Waals surface area contributed by atoms with Crippen LogP contribution in [0.1, 0.15) is 43.8 Å². The van der Waals surface area contributed by atoms with Gasteiger partial charge in [-0.1, -0.05) is 63.3 Å². The fraction of sp³-hybridized carbons (Fsp3) is 0.500. The molecule has 23 heavy (non-hydrogen) atoms. The number of hydrogen-bond donors (Lipinski definition) is 1. The first-order chi connectivity index (χ1) is 10.9. The second-order valence-corrected chi connectivity index (χ2v) is 7.80. The molecule has 0 bridgehead atoms. The number of carbonyl (C=O) groups excluding carboxylic acids is 1. The minimum atomic E-state index is -0.0474. The van der Waals surface area contributed by atoms with Gasteiger partial charge in [-0.3, -0.25) is 4.79 Å². The maximum atomic E-state index is 12.1. The predicted octanol–water partition coefficient (Wildman–Crippen LogP) is 4.12. The molecule has 5 heteroatoms. The molecule has 0 aliphatic carbocycles. The summed E-state index contributed by atoms with van der Waals surface area (Å²) < 4.78 is 0. The SMILES string of the molecule is CC(C)Cc1ccc(CC(=O)Nc2nnc(CC(C)C)s2)cc1. The Morgan fingerprint density at radius 2 is 1.61 bits per heavy atom. The number of anilines is 1. The molecule has 0 fully saturated rings. The lowest BCUT2D eigenvalue weighted by Gasteiger charge is -2.06. The van der Waals surface area contributed by atoms with Crippen molar-refractivity contribution in [1.82, 2.24) is 10.2 Å². The van der Waals surface area contributed by atoms with Crippen molar-refractivity contribution in [2.75, 3.05) is 5.32 Å². The Labute approximate surface area is 142 Å². The highest BCUT2D eigenvalue weighted by Crippen LogP contribution is 2.18. The van der Waals surface area contributed by atoms with Crippen LogP contribution in [-0.4, -0.2) is 16.1 Å². The number of amides is 1. The van der Waals surface area contributed by atoms with Gasteiger partial charge < -0.3 is 5.32 Å². The zero-order chi connectivity index (χ0) is 16.8. The summed E-state index contributed by atoms with van der Waals surface area (Å²) >= 11 is 1.46. The van der Waals surface area contributed by atoms with Crippen LogP contribution in [0.3, 0.4) is 0 Å². The molecule has 4 nitrogen and oxygen atoms in total. The van der Waals surface area contributed by atoms with Crippen LogP contribution in [0.4, 0.5) is 5.13 Å². The zero-order valence-electron chi connectivity index (χ0n) is 14.3. The van der Waals surface area contributed by atoms with Crippen molar-refractivity contribution < 1.29 is 4.79 Å². The molecule has 0 saturated carbocycles. The van der Waals surface area contributed by atoms with Crippen molar-refractivity contribution in [3.63, 3.8) is 0 Å². The third-order valence-electron chi connectivity index (χ3n) is 3.33. The third kappa shape index (κ3) is 6.10. The Bertz CT molecular complexity index is 632. The Balaban J connectivity index is 1.88. The Morgan fingerprint density at radius 3 is 2.22 bits per heavy atom. The van der Waals surface area contributed by atoms with Crippen molar-refractivity contribution in [1.29, 1.82) is 0 Å². The number of rotatable bonds is 7. The van der Waals surface area contributed by atoms with Crippen LogP contribution in [0.2, 0.25) is 0 Å². The topological polar surface area (TPSA) is 54.9 Å². The van der Waals surface area contributed by atoms with Crippen LogP contribution in [0, 0.1) is 11.8 Å². The van der Waals surface area contributed by atoms with E-state index in [1.807, 2.05) is 12.1 Å². The molecule has 0 spiro atoms. The van der Waals surface area contributed by atoms with Crippen LogP contribution in [0.15, 0.2) is 24.3 Å². The molecule has 0 radical (unpaired) electrons. The number of benzene rings is 1. The first-order valence-electron chi connectivity index (χ1n) is 8.12.